The van der Waals surface area contributed by atoms with Crippen LogP contribution >= 0.6 is 35.2 Å². The summed E-state index contributed by atoms with van der Waals surface area (Å²) in [5, 5.41) is 34.8. The number of phosphoric acid groups is 3. The van der Waals surface area contributed by atoms with E-state index in [1.165, 1.54) is 13.8 Å². The molecular weight excluding hydrogens is 1020 g/mol. The summed E-state index contributed by atoms with van der Waals surface area (Å²) < 4.78 is 62.7. The Labute approximate surface area is 412 Å². The molecule has 5 aromatic carbocycles. The number of benzene rings is 5. The van der Waals surface area contributed by atoms with Gasteiger partial charge < -0.3 is 50.9 Å². The van der Waals surface area contributed by atoms with Crippen molar-refractivity contribution in [1.82, 2.24) is 30.2 Å². The lowest BCUT2D eigenvalue weighted by Crippen LogP contribution is -2.46. The van der Waals surface area contributed by atoms with E-state index in [1.54, 1.807) is 6.07 Å². The van der Waals surface area contributed by atoms with Gasteiger partial charge >= 0.3 is 23.5 Å². The van der Waals surface area contributed by atoms with E-state index in [0.717, 1.165) is 72.1 Å². The third-order valence-electron chi connectivity index (χ3n) is 11.7. The second-order valence-electron chi connectivity index (χ2n) is 17.2. The highest BCUT2D eigenvalue weighted by molar-refractivity contribution is 8.14. The number of nitrogen functional groups attached to an aromatic ring is 1. The number of carbonyl (C=O) groups is 3. The molecule has 28 heteroatoms. The summed E-state index contributed by atoms with van der Waals surface area (Å²) in [6.45, 7) is 0.375. The number of ether oxygens (including phenoxy) is 1. The van der Waals surface area contributed by atoms with Crippen LogP contribution < -0.4 is 16.4 Å². The Hall–Kier alpha value is -5.30. The van der Waals surface area contributed by atoms with Gasteiger partial charge in [0.15, 0.2) is 17.7 Å². The van der Waals surface area contributed by atoms with Gasteiger partial charge in [-0.05, 0) is 43.8 Å². The topological polar surface area (TPSA) is 364 Å². The molecule has 2 unspecified atom stereocenters. The molecule has 0 saturated carbocycles. The average molecular weight is 1070 g/mol. The molecule has 10 N–H and O–H groups in total. The molecule has 72 heavy (non-hydrogen) atoms. The highest BCUT2D eigenvalue weighted by Crippen LogP contribution is 2.61. The Morgan fingerprint density at radius 1 is 0.833 bits per heavy atom. The van der Waals surface area contributed by atoms with E-state index in [0.29, 0.717) is 5.56 Å². The Morgan fingerprint density at radius 2 is 1.50 bits per heavy atom. The summed E-state index contributed by atoms with van der Waals surface area (Å²) >= 11 is 1.05. The van der Waals surface area contributed by atoms with Gasteiger partial charge in [-0.3, -0.25) is 32.5 Å². The molecule has 1 aliphatic rings. The fourth-order valence-corrected chi connectivity index (χ4v) is 11.8. The van der Waals surface area contributed by atoms with Gasteiger partial charge in [0.2, 0.25) is 16.9 Å². The number of hydrogen-bond acceptors (Lipinski definition) is 18. The number of carbonyl (C=O) groups excluding carboxylic acids is 3. The van der Waals surface area contributed by atoms with Gasteiger partial charge in [0.25, 0.3) is 0 Å². The molecule has 2 aromatic heterocycles. The first kappa shape index (κ1) is 53.0. The zero-order valence-corrected chi connectivity index (χ0v) is 41.6. The molecule has 1 aliphatic heterocycles. The molecule has 1 fully saturated rings. The van der Waals surface area contributed by atoms with Crippen molar-refractivity contribution in [2.24, 2.45) is 5.41 Å². The van der Waals surface area contributed by atoms with Crippen molar-refractivity contribution in [3.05, 3.63) is 97.1 Å². The second kappa shape index (κ2) is 21.3. The monoisotopic (exact) mass is 1070 g/mol. The average Bonchev–Trinajstić information content (AvgIpc) is 3.90. The second-order valence-corrected chi connectivity index (χ2v) is 22.5. The molecule has 0 aliphatic carbocycles. The molecule has 0 spiro atoms. The maximum atomic E-state index is 13.6. The number of thioether (sulfide) groups is 1. The number of nitrogens with zero attached hydrogens (tertiary/aromatic N) is 4. The summed E-state index contributed by atoms with van der Waals surface area (Å²) in [6.07, 6.45) is -7.03. The van der Waals surface area contributed by atoms with E-state index >= 15 is 0 Å². The van der Waals surface area contributed by atoms with Crippen LogP contribution in [0.25, 0.3) is 54.3 Å². The van der Waals surface area contributed by atoms with Gasteiger partial charge in [0.05, 0.1) is 19.5 Å². The van der Waals surface area contributed by atoms with Gasteiger partial charge in [-0.2, -0.15) is 4.31 Å². The predicted octanol–water partition coefficient (Wildman–Crippen LogP) is 4.59. The normalized spacial score (nSPS) is 19.7. The summed E-state index contributed by atoms with van der Waals surface area (Å²) in [6, 6.07) is 26.2. The van der Waals surface area contributed by atoms with Crippen molar-refractivity contribution < 1.29 is 80.5 Å². The number of fused-ring (bicyclic) bond motifs is 8. The van der Waals surface area contributed by atoms with E-state index in [4.69, 9.17) is 19.5 Å². The summed E-state index contributed by atoms with van der Waals surface area (Å²) in [4.78, 5) is 90.5. The lowest BCUT2D eigenvalue weighted by Gasteiger charge is -2.30. The molecule has 1 saturated heterocycles. The SMILES string of the molecule is CC(C)(COP(=O)(O)OP(=O)(O)OC[C@H]1O[C@@H](n2cnc3c(N)ncnc32)[C@H](O)[C@@H]1OP(=O)(O)O)[C@@H](O)C(=O)NCCC(=O)NCCSC(=O)c1cccc2ccc3c4ccc5ccccc5c4ccc3c12. The molecule has 0 radical (unpaired) electrons. The predicted molar refractivity (Wildman–Crippen MR) is 263 cm³/mol. The summed E-state index contributed by atoms with van der Waals surface area (Å²) in [5.74, 6) is -1.24. The van der Waals surface area contributed by atoms with E-state index < -0.39 is 84.6 Å². The van der Waals surface area contributed by atoms with Crippen LogP contribution in [0.2, 0.25) is 0 Å². The zero-order valence-electron chi connectivity index (χ0n) is 38.1. The van der Waals surface area contributed by atoms with Gasteiger partial charge in [0.1, 0.15) is 36.3 Å². The third kappa shape index (κ3) is 11.9. The van der Waals surface area contributed by atoms with E-state index in [-0.39, 0.29) is 47.4 Å². The van der Waals surface area contributed by atoms with Crippen LogP contribution in [0, 0.1) is 5.41 Å². The quantitative estimate of drug-likeness (QED) is 0.0286. The smallest absolute Gasteiger partial charge is 0.386 e. The highest BCUT2D eigenvalue weighted by Gasteiger charge is 2.50. The first-order valence-electron chi connectivity index (χ1n) is 21.8. The lowest BCUT2D eigenvalue weighted by atomic mass is 9.87. The standard InChI is InChI=1S/C44H48N7O17P3S/c1-44(2,21-65-71(62,63)68-70(60,61)64-20-32-37(67-69(57,58)59)36(53)42(66-32)51-23-50-35-39(45)48-22-49-40(35)51)38(54)41(55)47-17-16-33(52)46-18-19-72-43(56)31-9-5-7-25-11-13-29-28-12-10-24-6-3-4-8-26(24)27(28)14-15-30(29)34(25)31/h3-15,22-23,32,36-38,42,53-54H,16-21H2,1-2H3,(H,46,52)(H,47,55)(H,60,61)(H,62,63)(H2,45,48,49)(H2,57,58,59)/t32-,36-,37-,38+,42-/m1/s1. The Bertz CT molecular complexity index is 3380. The fraction of sp³-hybridized carbons (Fsp3) is 0.318. The number of amides is 2. The van der Waals surface area contributed by atoms with Crippen LogP contribution in [0.1, 0.15) is 36.9 Å². The van der Waals surface area contributed by atoms with Crippen LogP contribution in [0.3, 0.4) is 0 Å². The number of nitrogens with one attached hydrogen (secondary N) is 2. The molecule has 7 aromatic rings. The number of aliphatic hydroxyl groups is 2. The third-order valence-corrected chi connectivity index (χ3v) is 15.7. The Balaban J connectivity index is 0.778. The van der Waals surface area contributed by atoms with Crippen LogP contribution in [0.15, 0.2) is 91.5 Å². The summed E-state index contributed by atoms with van der Waals surface area (Å²) in [7, 11) is -16.5. The largest absolute Gasteiger partial charge is 0.481 e. The maximum absolute atomic E-state index is 13.6. The van der Waals surface area contributed by atoms with Crippen molar-refractivity contribution in [2.75, 3.05) is 37.8 Å². The number of anilines is 1. The first-order chi connectivity index (χ1) is 34.0. The number of phosphoric ester groups is 3. The number of aromatic nitrogens is 4. The Morgan fingerprint density at radius 3 is 2.26 bits per heavy atom. The number of aliphatic hydroxyl groups excluding tert-OH is 2. The zero-order chi connectivity index (χ0) is 51.8. The molecule has 7 atom stereocenters. The van der Waals surface area contributed by atoms with Crippen molar-refractivity contribution in [1.29, 1.82) is 0 Å². The number of imidazole rings is 1. The number of nitrogens with two attached hydrogens (primary N) is 1. The van der Waals surface area contributed by atoms with E-state index in [9.17, 15) is 57.9 Å². The van der Waals surface area contributed by atoms with Crippen molar-refractivity contribution >= 4 is 112 Å². The maximum Gasteiger partial charge on any atom is 0.481 e. The molecule has 382 valence electrons. The van der Waals surface area contributed by atoms with Gasteiger partial charge in [-0.25, -0.2) is 28.6 Å². The van der Waals surface area contributed by atoms with Gasteiger partial charge in [-0.15, -0.1) is 0 Å². The van der Waals surface area contributed by atoms with Crippen LogP contribution in [-0.4, -0.2) is 123 Å². The molecule has 2 amide bonds. The van der Waals surface area contributed by atoms with Crippen LogP contribution in [0.4, 0.5) is 5.82 Å². The van der Waals surface area contributed by atoms with E-state index in [2.05, 4.69) is 70.8 Å². The number of rotatable bonds is 20. The highest BCUT2D eigenvalue weighted by atomic mass is 32.2. The number of hydrogen-bond donors (Lipinski definition) is 9. The van der Waals surface area contributed by atoms with Crippen molar-refractivity contribution in [3.63, 3.8) is 0 Å². The minimum absolute atomic E-state index is 0.0266. The van der Waals surface area contributed by atoms with E-state index in [1.807, 2.05) is 36.4 Å². The fourth-order valence-electron chi connectivity index (χ4n) is 8.21. The minimum Gasteiger partial charge on any atom is -0.386 e. The molecular formula is C44H48N7O17P3S. The van der Waals surface area contributed by atoms with Gasteiger partial charge in [0, 0.05) is 41.6 Å². The van der Waals surface area contributed by atoms with Crippen LogP contribution in [-0.2, 0) is 45.9 Å². The molecule has 8 rings (SSSR count). The van der Waals surface area contributed by atoms with Crippen molar-refractivity contribution in [2.45, 2.75) is 50.9 Å². The van der Waals surface area contributed by atoms with Crippen LogP contribution in [0.5, 0.6) is 0 Å². The molecule has 0 bridgehead atoms. The summed E-state index contributed by atoms with van der Waals surface area (Å²) in [5.41, 5.74) is 4.80. The minimum atomic E-state index is -5.60. The first-order valence-corrected chi connectivity index (χ1v) is 27.4. The van der Waals surface area contributed by atoms with Crippen molar-refractivity contribution in [3.8, 4) is 0 Å². The molecule has 3 heterocycles. The van der Waals surface area contributed by atoms with Gasteiger partial charge in [-0.1, -0.05) is 98.4 Å². The Kier molecular flexibility index (Phi) is 15.7. The molecule has 24 nitrogen and oxygen atoms in total. The lowest BCUT2D eigenvalue weighted by molar-refractivity contribution is -0.137.